The summed E-state index contributed by atoms with van der Waals surface area (Å²) in [5.41, 5.74) is 3.80. The van der Waals surface area contributed by atoms with Crippen LogP contribution in [0.15, 0.2) is 46.9 Å². The first-order valence-corrected chi connectivity index (χ1v) is 6.56. The lowest BCUT2D eigenvalue weighted by Crippen LogP contribution is -2.18. The molecule has 0 radical (unpaired) electrons. The lowest BCUT2D eigenvalue weighted by Gasteiger charge is -2.14. The minimum Gasteiger partial charge on any atom is -0.457 e. The first kappa shape index (κ1) is 15.4. The maximum Gasteiger partial charge on any atom is 0.417 e. The van der Waals surface area contributed by atoms with Crippen LogP contribution in [0.1, 0.15) is 11.1 Å². The molecule has 0 aliphatic heterocycles. The average Bonchev–Trinajstić information content (AvgIpc) is 2.37. The molecule has 0 saturated carbocycles. The smallest absolute Gasteiger partial charge is 0.417 e. The van der Waals surface area contributed by atoms with Crippen molar-refractivity contribution in [1.29, 1.82) is 5.41 Å². The van der Waals surface area contributed by atoms with Gasteiger partial charge in [-0.3, -0.25) is 5.41 Å². The largest absolute Gasteiger partial charge is 0.457 e. The van der Waals surface area contributed by atoms with Gasteiger partial charge in [-0.25, -0.2) is 0 Å². The highest BCUT2D eigenvalue weighted by molar-refractivity contribution is 9.10. The second kappa shape index (κ2) is 5.77. The third-order valence-electron chi connectivity index (χ3n) is 2.62. The van der Waals surface area contributed by atoms with Crippen molar-refractivity contribution in [3.05, 3.63) is 58.1 Å². The molecule has 0 unspecified atom stereocenters. The molecule has 3 N–H and O–H groups in total. The highest BCUT2D eigenvalue weighted by Gasteiger charge is 2.34. The average molecular weight is 359 g/mol. The van der Waals surface area contributed by atoms with E-state index in [0.717, 1.165) is 16.6 Å². The van der Waals surface area contributed by atoms with Crippen molar-refractivity contribution < 1.29 is 17.9 Å². The van der Waals surface area contributed by atoms with Gasteiger partial charge in [0, 0.05) is 10.0 Å². The third-order valence-corrected chi connectivity index (χ3v) is 3.11. The number of nitrogens with two attached hydrogens (primary N) is 1. The van der Waals surface area contributed by atoms with E-state index in [4.69, 9.17) is 15.9 Å². The molecule has 3 nitrogen and oxygen atoms in total. The van der Waals surface area contributed by atoms with E-state index < -0.39 is 17.6 Å². The normalized spacial score (nSPS) is 11.2. The van der Waals surface area contributed by atoms with Gasteiger partial charge < -0.3 is 10.5 Å². The van der Waals surface area contributed by atoms with Crippen LogP contribution in [0.2, 0.25) is 0 Å². The number of hydrogen-bond acceptors (Lipinski definition) is 2. The van der Waals surface area contributed by atoms with Crippen LogP contribution < -0.4 is 10.5 Å². The molecule has 0 aliphatic carbocycles. The first-order valence-electron chi connectivity index (χ1n) is 5.76. The summed E-state index contributed by atoms with van der Waals surface area (Å²) in [4.78, 5) is 0. The van der Waals surface area contributed by atoms with Gasteiger partial charge in [-0.1, -0.05) is 22.0 Å². The molecule has 0 aliphatic rings. The van der Waals surface area contributed by atoms with Gasteiger partial charge in [0.15, 0.2) is 0 Å². The summed E-state index contributed by atoms with van der Waals surface area (Å²) >= 11 is 3.25. The summed E-state index contributed by atoms with van der Waals surface area (Å²) in [5, 5.41) is 7.21. The van der Waals surface area contributed by atoms with E-state index in [1.54, 1.807) is 24.3 Å². The Morgan fingerprint density at radius 2 is 1.76 bits per heavy atom. The topological polar surface area (TPSA) is 59.1 Å². The summed E-state index contributed by atoms with van der Waals surface area (Å²) in [6.07, 6.45) is -4.61. The number of amidine groups is 1. The molecule has 0 heterocycles. The Labute approximate surface area is 127 Å². The van der Waals surface area contributed by atoms with Crippen LogP contribution in [-0.4, -0.2) is 5.84 Å². The van der Waals surface area contributed by atoms with Crippen LogP contribution in [0.5, 0.6) is 11.5 Å². The molecule has 0 spiro atoms. The summed E-state index contributed by atoms with van der Waals surface area (Å²) < 4.78 is 45.1. The predicted molar refractivity (Wildman–Crippen MR) is 76.7 cm³/mol. The van der Waals surface area contributed by atoms with Crippen molar-refractivity contribution >= 4 is 21.8 Å². The van der Waals surface area contributed by atoms with Crippen LogP contribution >= 0.6 is 15.9 Å². The lowest BCUT2D eigenvalue weighted by molar-refractivity contribution is -0.137. The molecule has 7 heteroatoms. The Morgan fingerprint density at radius 1 is 1.10 bits per heavy atom. The number of nitrogens with one attached hydrogen (secondary N) is 1. The fourth-order valence-corrected chi connectivity index (χ4v) is 2.10. The maximum atomic E-state index is 13.0. The minimum atomic E-state index is -4.61. The second-order valence-electron chi connectivity index (χ2n) is 4.18. The summed E-state index contributed by atoms with van der Waals surface area (Å²) in [5.74, 6) is -0.227. The van der Waals surface area contributed by atoms with Crippen molar-refractivity contribution in [1.82, 2.24) is 0 Å². The van der Waals surface area contributed by atoms with Gasteiger partial charge in [0.1, 0.15) is 17.3 Å². The second-order valence-corrected chi connectivity index (χ2v) is 5.09. The molecule has 0 fully saturated rings. The number of alkyl halides is 3. The van der Waals surface area contributed by atoms with Crippen LogP contribution in [0, 0.1) is 5.41 Å². The molecule has 0 saturated heterocycles. The molecule has 0 atom stereocenters. The summed E-state index contributed by atoms with van der Waals surface area (Å²) in [6.45, 7) is 0. The molecule has 0 aromatic heterocycles. The number of rotatable bonds is 3. The minimum absolute atomic E-state index is 0.0189. The van der Waals surface area contributed by atoms with Gasteiger partial charge in [-0.05, 0) is 36.4 Å². The van der Waals surface area contributed by atoms with Crippen LogP contribution in [0.4, 0.5) is 13.2 Å². The van der Waals surface area contributed by atoms with E-state index in [2.05, 4.69) is 15.9 Å². The molecule has 0 amide bonds. The van der Waals surface area contributed by atoms with E-state index in [1.807, 2.05) is 0 Å². The number of halogens is 4. The molecule has 2 aromatic carbocycles. The van der Waals surface area contributed by atoms with Gasteiger partial charge in [-0.2, -0.15) is 13.2 Å². The molecular weight excluding hydrogens is 349 g/mol. The summed E-state index contributed by atoms with van der Waals surface area (Å²) in [7, 11) is 0. The zero-order chi connectivity index (χ0) is 15.6. The number of ether oxygens (including phenoxy) is 1. The predicted octanol–water partition coefficient (Wildman–Crippen LogP) is 4.54. The Morgan fingerprint density at radius 3 is 2.33 bits per heavy atom. The maximum absolute atomic E-state index is 13.0. The molecule has 110 valence electrons. The molecule has 2 aromatic rings. The van der Waals surface area contributed by atoms with Crippen LogP contribution in [-0.2, 0) is 6.18 Å². The van der Waals surface area contributed by atoms with E-state index in [1.165, 1.54) is 6.07 Å². The highest BCUT2D eigenvalue weighted by Crippen LogP contribution is 2.35. The summed E-state index contributed by atoms with van der Waals surface area (Å²) in [6, 6.07) is 10.0. The van der Waals surface area contributed by atoms with Crippen LogP contribution in [0.25, 0.3) is 0 Å². The number of benzene rings is 2. The quantitative estimate of drug-likeness (QED) is 0.624. The zero-order valence-corrected chi connectivity index (χ0v) is 12.1. The van der Waals surface area contributed by atoms with E-state index in [9.17, 15) is 13.2 Å². The monoisotopic (exact) mass is 358 g/mol. The van der Waals surface area contributed by atoms with Gasteiger partial charge >= 0.3 is 6.18 Å². The Balaban J connectivity index is 2.40. The van der Waals surface area contributed by atoms with Crippen LogP contribution in [0.3, 0.4) is 0 Å². The van der Waals surface area contributed by atoms with Crippen molar-refractivity contribution in [2.45, 2.75) is 6.18 Å². The van der Waals surface area contributed by atoms with E-state index in [-0.39, 0.29) is 11.3 Å². The Bertz CT molecular complexity index is 686. The Kier molecular flexibility index (Phi) is 4.22. The zero-order valence-electron chi connectivity index (χ0n) is 10.5. The number of hydrogen-bond donors (Lipinski definition) is 2. The van der Waals surface area contributed by atoms with Gasteiger partial charge in [0.25, 0.3) is 0 Å². The van der Waals surface area contributed by atoms with E-state index >= 15 is 0 Å². The van der Waals surface area contributed by atoms with Gasteiger partial charge in [0.05, 0.1) is 5.56 Å². The molecule has 2 rings (SSSR count). The highest BCUT2D eigenvalue weighted by atomic mass is 79.9. The lowest BCUT2D eigenvalue weighted by atomic mass is 10.1. The van der Waals surface area contributed by atoms with Crippen molar-refractivity contribution in [2.75, 3.05) is 0 Å². The van der Waals surface area contributed by atoms with Crippen molar-refractivity contribution in [2.24, 2.45) is 5.73 Å². The van der Waals surface area contributed by atoms with Crippen molar-refractivity contribution in [3.8, 4) is 11.5 Å². The molecular formula is C14H10BrF3N2O. The fourth-order valence-electron chi connectivity index (χ4n) is 1.72. The number of nitrogen functional groups attached to an aromatic ring is 1. The first-order chi connectivity index (χ1) is 9.77. The Hall–Kier alpha value is -2.02. The van der Waals surface area contributed by atoms with Gasteiger partial charge in [0.2, 0.25) is 0 Å². The third kappa shape index (κ3) is 3.75. The molecule has 21 heavy (non-hydrogen) atoms. The SMILES string of the molecule is N=C(N)c1ccc(Oc2cccc(Br)c2)cc1C(F)(F)F. The van der Waals surface area contributed by atoms with Crippen molar-refractivity contribution in [3.63, 3.8) is 0 Å². The van der Waals surface area contributed by atoms with Gasteiger partial charge in [-0.15, -0.1) is 0 Å². The standard InChI is InChI=1S/C14H10BrF3N2O/c15-8-2-1-3-9(6-8)21-10-4-5-11(13(19)20)12(7-10)14(16,17)18/h1-7H,(H3,19,20). The molecule has 0 bridgehead atoms. The van der Waals surface area contributed by atoms with E-state index in [0.29, 0.717) is 5.75 Å². The fraction of sp³-hybridized carbons (Fsp3) is 0.0714.